The maximum atomic E-state index is 12.3. The van der Waals surface area contributed by atoms with Crippen LogP contribution in [0.2, 0.25) is 0 Å². The molecule has 0 fully saturated rings. The molecule has 7 heteroatoms. The lowest BCUT2D eigenvalue weighted by Crippen LogP contribution is -2.06. The van der Waals surface area contributed by atoms with Crippen molar-refractivity contribution in [1.82, 2.24) is 4.98 Å². The summed E-state index contributed by atoms with van der Waals surface area (Å²) in [6.45, 7) is 0. The number of nitrogen functional groups attached to an aromatic ring is 1. The van der Waals surface area contributed by atoms with Gasteiger partial charge in [0, 0.05) is 11.1 Å². The molecule has 0 unspecified atom stereocenters. The summed E-state index contributed by atoms with van der Waals surface area (Å²) in [7, 11) is 0. The summed E-state index contributed by atoms with van der Waals surface area (Å²) >= 11 is 2.61. The van der Waals surface area contributed by atoms with Crippen LogP contribution in [0.3, 0.4) is 0 Å². The van der Waals surface area contributed by atoms with Gasteiger partial charge in [-0.1, -0.05) is 42.1 Å². The van der Waals surface area contributed by atoms with Crippen molar-refractivity contribution >= 4 is 34.7 Å². The van der Waals surface area contributed by atoms with Crippen molar-refractivity contribution in [2.24, 2.45) is 0 Å². The molecule has 3 rings (SSSR count). The molecule has 0 spiro atoms. The molecule has 0 aliphatic heterocycles. The van der Waals surface area contributed by atoms with Crippen LogP contribution in [0.25, 0.3) is 11.1 Å². The maximum absolute atomic E-state index is 12.3. The molecular formula is C19H12N4OS2. The molecule has 1 aromatic carbocycles. The highest BCUT2D eigenvalue weighted by atomic mass is 32.2. The van der Waals surface area contributed by atoms with Gasteiger partial charge in [0.15, 0.2) is 5.78 Å². The van der Waals surface area contributed by atoms with E-state index in [1.807, 2.05) is 29.0 Å². The van der Waals surface area contributed by atoms with Crippen molar-refractivity contribution in [3.8, 4) is 23.3 Å². The number of carbonyl (C=O) groups excluding carboxylic acids is 1. The number of thioether (sulfide) groups is 1. The standard InChI is InChI=1S/C19H12N4OS2/c20-8-14-17(13-6-7-25-10-13)15(9-21)19(23-18(14)22)26-11-16(24)12-4-2-1-3-5-12/h1-7,10H,11H2,(H2,22,23). The van der Waals surface area contributed by atoms with Gasteiger partial charge in [-0.3, -0.25) is 4.79 Å². The summed E-state index contributed by atoms with van der Waals surface area (Å²) in [5.74, 6) is 0.115. The molecule has 0 radical (unpaired) electrons. The quantitative estimate of drug-likeness (QED) is 0.531. The number of hydrogen-bond acceptors (Lipinski definition) is 7. The van der Waals surface area contributed by atoms with E-state index in [2.05, 4.69) is 11.1 Å². The highest BCUT2D eigenvalue weighted by Crippen LogP contribution is 2.36. The molecule has 0 aliphatic rings. The largest absolute Gasteiger partial charge is 0.383 e. The molecule has 0 aliphatic carbocycles. The molecule has 0 amide bonds. The number of nitrogens with two attached hydrogens (primary N) is 1. The van der Waals surface area contributed by atoms with E-state index < -0.39 is 0 Å². The second-order valence-electron chi connectivity index (χ2n) is 5.24. The lowest BCUT2D eigenvalue weighted by atomic mass is 9.99. The van der Waals surface area contributed by atoms with Crippen LogP contribution in [-0.2, 0) is 0 Å². The topological polar surface area (TPSA) is 104 Å². The zero-order chi connectivity index (χ0) is 18.5. The van der Waals surface area contributed by atoms with Gasteiger partial charge in [-0.25, -0.2) is 4.98 Å². The smallest absolute Gasteiger partial charge is 0.173 e. The first kappa shape index (κ1) is 17.7. The predicted molar refractivity (Wildman–Crippen MR) is 103 cm³/mol. The van der Waals surface area contributed by atoms with Crippen molar-refractivity contribution in [2.45, 2.75) is 5.03 Å². The van der Waals surface area contributed by atoms with Gasteiger partial charge in [0.05, 0.1) is 11.3 Å². The zero-order valence-corrected chi connectivity index (χ0v) is 15.1. The van der Waals surface area contributed by atoms with E-state index in [0.717, 1.165) is 17.3 Å². The van der Waals surface area contributed by atoms with E-state index in [-0.39, 0.29) is 28.5 Å². The first-order valence-electron chi connectivity index (χ1n) is 7.53. The Kier molecular flexibility index (Phi) is 5.33. The van der Waals surface area contributed by atoms with E-state index in [1.165, 1.54) is 11.3 Å². The third-order valence-electron chi connectivity index (χ3n) is 3.66. The fourth-order valence-electron chi connectivity index (χ4n) is 2.44. The average molecular weight is 376 g/mol. The molecule has 0 saturated carbocycles. The van der Waals surface area contributed by atoms with Gasteiger partial charge >= 0.3 is 0 Å². The Bertz CT molecular complexity index is 1030. The van der Waals surface area contributed by atoms with Crippen LogP contribution >= 0.6 is 23.1 Å². The maximum Gasteiger partial charge on any atom is 0.173 e. The lowest BCUT2D eigenvalue weighted by Gasteiger charge is -2.11. The Morgan fingerprint density at radius 3 is 2.50 bits per heavy atom. The number of anilines is 1. The molecule has 5 nitrogen and oxygen atoms in total. The Morgan fingerprint density at radius 2 is 1.88 bits per heavy atom. The third-order valence-corrected chi connectivity index (χ3v) is 5.32. The second-order valence-corrected chi connectivity index (χ2v) is 6.98. The fourth-order valence-corrected chi connectivity index (χ4v) is 3.98. The van der Waals surface area contributed by atoms with Crippen LogP contribution in [0, 0.1) is 22.7 Å². The zero-order valence-electron chi connectivity index (χ0n) is 13.5. The van der Waals surface area contributed by atoms with Crippen molar-refractivity contribution in [2.75, 3.05) is 11.5 Å². The Labute approximate surface area is 158 Å². The Balaban J connectivity index is 1.99. The molecule has 26 heavy (non-hydrogen) atoms. The molecule has 0 saturated heterocycles. The highest BCUT2D eigenvalue weighted by Gasteiger charge is 2.21. The lowest BCUT2D eigenvalue weighted by molar-refractivity contribution is 0.102. The van der Waals surface area contributed by atoms with E-state index in [0.29, 0.717) is 16.2 Å². The molecule has 126 valence electrons. The molecular weight excluding hydrogens is 364 g/mol. The second kappa shape index (κ2) is 7.83. The Hall–Kier alpha value is -3.13. The number of pyridine rings is 1. The summed E-state index contributed by atoms with van der Waals surface area (Å²) < 4.78 is 0. The van der Waals surface area contributed by atoms with Crippen molar-refractivity contribution in [1.29, 1.82) is 10.5 Å². The normalized spacial score (nSPS) is 10.1. The summed E-state index contributed by atoms with van der Waals surface area (Å²) in [5.41, 5.74) is 8.20. The highest BCUT2D eigenvalue weighted by molar-refractivity contribution is 8.00. The minimum Gasteiger partial charge on any atom is -0.383 e. The minimum atomic E-state index is -0.0682. The fraction of sp³-hybridized carbons (Fsp3) is 0.0526. The van der Waals surface area contributed by atoms with Crippen LogP contribution in [0.1, 0.15) is 21.5 Å². The van der Waals surface area contributed by atoms with Gasteiger partial charge in [0.1, 0.15) is 28.5 Å². The molecule has 2 N–H and O–H groups in total. The molecule has 2 heterocycles. The number of aromatic nitrogens is 1. The van der Waals surface area contributed by atoms with Gasteiger partial charge in [0.25, 0.3) is 0 Å². The minimum absolute atomic E-state index is 0.0577. The van der Waals surface area contributed by atoms with Gasteiger partial charge in [-0.15, -0.1) is 0 Å². The van der Waals surface area contributed by atoms with E-state index in [4.69, 9.17) is 5.73 Å². The van der Waals surface area contributed by atoms with Crippen LogP contribution in [0.4, 0.5) is 5.82 Å². The number of Topliss-reactive ketones (excluding diaryl/α,β-unsaturated/α-hetero) is 1. The molecule has 3 aromatic rings. The number of thiophene rings is 1. The number of nitriles is 2. The number of ketones is 1. The Morgan fingerprint density at radius 1 is 1.15 bits per heavy atom. The van der Waals surface area contributed by atoms with Gasteiger partial charge in [-0.2, -0.15) is 21.9 Å². The van der Waals surface area contributed by atoms with Gasteiger partial charge in [0.2, 0.25) is 0 Å². The summed E-state index contributed by atoms with van der Waals surface area (Å²) in [4.78, 5) is 16.5. The number of rotatable bonds is 5. The van der Waals surface area contributed by atoms with Gasteiger partial charge in [-0.05, 0) is 22.4 Å². The van der Waals surface area contributed by atoms with Crippen molar-refractivity contribution in [3.05, 3.63) is 63.8 Å². The number of hydrogen-bond donors (Lipinski definition) is 1. The summed E-state index contributed by atoms with van der Waals surface area (Å²) in [5, 5.41) is 23.2. The van der Waals surface area contributed by atoms with E-state index in [1.54, 1.807) is 24.3 Å². The summed E-state index contributed by atoms with van der Waals surface area (Å²) in [6.07, 6.45) is 0. The van der Waals surface area contributed by atoms with Crippen LogP contribution in [0.5, 0.6) is 0 Å². The van der Waals surface area contributed by atoms with Gasteiger partial charge < -0.3 is 5.73 Å². The SMILES string of the molecule is N#Cc1c(N)nc(SCC(=O)c2ccccc2)c(C#N)c1-c1ccsc1. The van der Waals surface area contributed by atoms with Crippen molar-refractivity contribution in [3.63, 3.8) is 0 Å². The first-order valence-corrected chi connectivity index (χ1v) is 9.45. The van der Waals surface area contributed by atoms with E-state index in [9.17, 15) is 15.3 Å². The first-order chi connectivity index (χ1) is 12.7. The van der Waals surface area contributed by atoms with Crippen molar-refractivity contribution < 1.29 is 4.79 Å². The van der Waals surface area contributed by atoms with Crippen LogP contribution in [-0.4, -0.2) is 16.5 Å². The molecule has 0 atom stereocenters. The van der Waals surface area contributed by atoms with Crippen LogP contribution < -0.4 is 5.73 Å². The molecule has 2 aromatic heterocycles. The average Bonchev–Trinajstić information content (AvgIpc) is 3.20. The molecule has 0 bridgehead atoms. The van der Waals surface area contributed by atoms with Crippen LogP contribution in [0.15, 0.2) is 52.2 Å². The van der Waals surface area contributed by atoms with E-state index >= 15 is 0 Å². The number of benzene rings is 1. The number of carbonyl (C=O) groups is 1. The predicted octanol–water partition coefficient (Wildman–Crippen LogP) is 4.11. The third kappa shape index (κ3) is 3.45. The monoisotopic (exact) mass is 376 g/mol. The summed E-state index contributed by atoms with van der Waals surface area (Å²) in [6, 6.07) is 14.9. The number of nitrogens with zero attached hydrogens (tertiary/aromatic N) is 3.